The third-order valence-corrected chi connectivity index (χ3v) is 1.82. The Morgan fingerprint density at radius 3 is 2.06 bits per heavy atom. The van der Waals surface area contributed by atoms with Gasteiger partial charge in [0.2, 0.25) is 0 Å². The molecule has 0 aromatic carbocycles. The molecule has 0 spiro atoms. The predicted octanol–water partition coefficient (Wildman–Crippen LogP) is -8.61. The number of carbonyl (C=O) groups is 2. The maximum Gasteiger partial charge on any atom is 1.00 e. The SMILES string of the molecule is O=C([O-])CN(CC(=O)[O-])Cc1ccccn1.[K+].[K+]. The molecule has 1 heterocycles. The summed E-state index contributed by atoms with van der Waals surface area (Å²) in [7, 11) is 0. The maximum absolute atomic E-state index is 10.4. The van der Waals surface area contributed by atoms with Gasteiger partial charge < -0.3 is 19.8 Å². The second-order valence-electron chi connectivity index (χ2n) is 3.21. The number of pyridine rings is 1. The van der Waals surface area contributed by atoms with Crippen LogP contribution in [0.2, 0.25) is 0 Å². The smallest absolute Gasteiger partial charge is 0.549 e. The van der Waals surface area contributed by atoms with Crippen LogP contribution in [-0.4, -0.2) is 34.9 Å². The summed E-state index contributed by atoms with van der Waals surface area (Å²) in [6.07, 6.45) is 1.55. The Bertz CT molecular complexity index is 359. The van der Waals surface area contributed by atoms with Gasteiger partial charge >= 0.3 is 103 Å². The maximum atomic E-state index is 10.4. The van der Waals surface area contributed by atoms with Crippen molar-refractivity contribution in [1.29, 1.82) is 0 Å². The Labute approximate surface area is 190 Å². The summed E-state index contributed by atoms with van der Waals surface area (Å²) in [6, 6.07) is 5.13. The van der Waals surface area contributed by atoms with Crippen molar-refractivity contribution in [3.05, 3.63) is 30.1 Å². The van der Waals surface area contributed by atoms with E-state index in [1.807, 2.05) is 0 Å². The van der Waals surface area contributed by atoms with E-state index in [-0.39, 0.29) is 109 Å². The van der Waals surface area contributed by atoms with Gasteiger partial charge in [0, 0.05) is 25.8 Å². The summed E-state index contributed by atoms with van der Waals surface area (Å²) in [5.74, 6) is -2.67. The van der Waals surface area contributed by atoms with Crippen molar-refractivity contribution in [2.24, 2.45) is 0 Å². The van der Waals surface area contributed by atoms with Crippen LogP contribution in [-0.2, 0) is 16.1 Å². The van der Waals surface area contributed by atoms with Crippen LogP contribution < -0.4 is 113 Å². The van der Waals surface area contributed by atoms with Gasteiger partial charge in [0.25, 0.3) is 0 Å². The first-order chi connectivity index (χ1) is 7.58. The van der Waals surface area contributed by atoms with Crippen LogP contribution in [0.1, 0.15) is 5.69 Å². The van der Waals surface area contributed by atoms with Crippen LogP contribution in [0.3, 0.4) is 0 Å². The molecule has 86 valence electrons. The van der Waals surface area contributed by atoms with Gasteiger partial charge in [-0.25, -0.2) is 0 Å². The fourth-order valence-corrected chi connectivity index (χ4v) is 1.25. The van der Waals surface area contributed by atoms with Crippen LogP contribution >= 0.6 is 0 Å². The second kappa shape index (κ2) is 12.1. The minimum atomic E-state index is -1.34. The molecule has 0 aliphatic carbocycles. The van der Waals surface area contributed by atoms with E-state index in [9.17, 15) is 19.8 Å². The van der Waals surface area contributed by atoms with Crippen LogP contribution in [0.15, 0.2) is 24.4 Å². The Hall–Kier alpha value is 1.32. The first kappa shape index (κ1) is 21.6. The molecule has 8 heteroatoms. The van der Waals surface area contributed by atoms with Gasteiger partial charge in [-0.3, -0.25) is 9.88 Å². The molecule has 18 heavy (non-hydrogen) atoms. The van der Waals surface area contributed by atoms with E-state index < -0.39 is 25.0 Å². The molecule has 0 atom stereocenters. The molecule has 6 nitrogen and oxygen atoms in total. The molecule has 0 saturated heterocycles. The second-order valence-corrected chi connectivity index (χ2v) is 3.21. The van der Waals surface area contributed by atoms with Gasteiger partial charge in [-0.15, -0.1) is 0 Å². The number of carbonyl (C=O) groups excluding carboxylic acids is 2. The fraction of sp³-hybridized carbons (Fsp3) is 0.300. The zero-order valence-electron chi connectivity index (χ0n) is 10.5. The first-order valence-corrected chi connectivity index (χ1v) is 4.60. The molecule has 0 N–H and O–H groups in total. The number of aliphatic carboxylic acids is 2. The van der Waals surface area contributed by atoms with Crippen molar-refractivity contribution >= 4 is 11.9 Å². The number of carboxylic acids is 2. The van der Waals surface area contributed by atoms with Gasteiger partial charge in [0.1, 0.15) is 0 Å². The summed E-state index contributed by atoms with van der Waals surface area (Å²) >= 11 is 0. The molecule has 1 rings (SSSR count). The van der Waals surface area contributed by atoms with Crippen LogP contribution in [0.25, 0.3) is 0 Å². The molecule has 0 bridgehead atoms. The normalized spacial score (nSPS) is 9.17. The molecule has 0 aliphatic rings. The molecule has 0 aliphatic heterocycles. The van der Waals surface area contributed by atoms with Gasteiger partial charge in [-0.2, -0.15) is 0 Å². The minimum absolute atomic E-state index is 0. The van der Waals surface area contributed by atoms with Gasteiger partial charge in [0.15, 0.2) is 0 Å². The Morgan fingerprint density at radius 1 is 1.11 bits per heavy atom. The standard InChI is InChI=1S/C10H12N2O4.2K/c13-9(14)6-12(7-10(15)16)5-8-3-1-2-4-11-8;;/h1-4H,5-7H2,(H,13,14)(H,15,16);;/q;2*+1/p-2. The number of hydrogen-bond acceptors (Lipinski definition) is 6. The summed E-state index contributed by atoms with van der Waals surface area (Å²) in [4.78, 5) is 25.9. The topological polar surface area (TPSA) is 96.4 Å². The van der Waals surface area contributed by atoms with E-state index in [1.54, 1.807) is 24.4 Å². The number of rotatable bonds is 6. The molecule has 0 amide bonds. The zero-order valence-corrected chi connectivity index (χ0v) is 16.7. The van der Waals surface area contributed by atoms with Crippen molar-refractivity contribution in [3.63, 3.8) is 0 Å². The molecule has 1 aromatic heterocycles. The first-order valence-electron chi connectivity index (χ1n) is 4.60. The van der Waals surface area contributed by atoms with Crippen molar-refractivity contribution in [2.45, 2.75) is 6.54 Å². The predicted molar refractivity (Wildman–Crippen MR) is 49.5 cm³/mol. The van der Waals surface area contributed by atoms with Gasteiger partial charge in [-0.05, 0) is 12.1 Å². The molecule has 0 unspecified atom stereocenters. The van der Waals surface area contributed by atoms with E-state index in [2.05, 4.69) is 4.98 Å². The summed E-state index contributed by atoms with van der Waals surface area (Å²) in [6.45, 7) is -0.808. The molecule has 0 fully saturated rings. The van der Waals surface area contributed by atoms with E-state index in [0.29, 0.717) is 5.69 Å². The van der Waals surface area contributed by atoms with Gasteiger partial charge in [0.05, 0.1) is 17.6 Å². The third-order valence-electron chi connectivity index (χ3n) is 1.82. The summed E-state index contributed by atoms with van der Waals surface area (Å²) in [5, 5.41) is 20.8. The summed E-state index contributed by atoms with van der Waals surface area (Å²) in [5.41, 5.74) is 0.588. The Kier molecular flexibility index (Phi) is 14.5. The molecule has 1 aromatic rings. The average molecular weight is 300 g/mol. The number of hydrogen-bond donors (Lipinski definition) is 0. The van der Waals surface area contributed by atoms with E-state index >= 15 is 0 Å². The van der Waals surface area contributed by atoms with Crippen LogP contribution in [0.5, 0.6) is 0 Å². The van der Waals surface area contributed by atoms with Crippen molar-refractivity contribution in [3.8, 4) is 0 Å². The summed E-state index contributed by atoms with van der Waals surface area (Å²) < 4.78 is 0. The van der Waals surface area contributed by atoms with E-state index in [1.165, 1.54) is 4.90 Å². The van der Waals surface area contributed by atoms with Crippen molar-refractivity contribution in [1.82, 2.24) is 9.88 Å². The Balaban J connectivity index is 0. The average Bonchev–Trinajstić information content (AvgIpc) is 2.16. The third kappa shape index (κ3) is 10.2. The molecular formula is C10H10K2N2O4. The zero-order chi connectivity index (χ0) is 12.0. The van der Waals surface area contributed by atoms with Gasteiger partial charge in [-0.1, -0.05) is 6.07 Å². The molecule has 0 radical (unpaired) electrons. The van der Waals surface area contributed by atoms with E-state index in [4.69, 9.17) is 0 Å². The largest absolute Gasteiger partial charge is 1.00 e. The number of carboxylic acid groups (broad SMARTS) is 2. The Morgan fingerprint density at radius 2 is 1.67 bits per heavy atom. The number of aromatic nitrogens is 1. The number of nitrogens with zero attached hydrogens (tertiary/aromatic N) is 2. The quantitative estimate of drug-likeness (QED) is 0.484. The molecule has 0 saturated carbocycles. The van der Waals surface area contributed by atoms with Crippen LogP contribution in [0, 0.1) is 0 Å². The van der Waals surface area contributed by atoms with E-state index in [0.717, 1.165) is 0 Å². The minimum Gasteiger partial charge on any atom is -0.549 e. The van der Waals surface area contributed by atoms with Crippen LogP contribution in [0.4, 0.5) is 0 Å². The monoisotopic (exact) mass is 300 g/mol. The van der Waals surface area contributed by atoms with Crippen molar-refractivity contribution < 1.29 is 123 Å². The van der Waals surface area contributed by atoms with Crippen molar-refractivity contribution in [2.75, 3.05) is 13.1 Å². The fourth-order valence-electron chi connectivity index (χ4n) is 1.25. The molecular weight excluding hydrogens is 290 g/mol.